The van der Waals surface area contributed by atoms with E-state index in [1.807, 2.05) is 37.3 Å². The van der Waals surface area contributed by atoms with Crippen LogP contribution < -0.4 is 9.47 Å². The molecule has 0 amide bonds. The van der Waals surface area contributed by atoms with E-state index in [0.717, 1.165) is 29.0 Å². The fraction of sp³-hybridized carbons (Fsp3) is 0.333. The minimum absolute atomic E-state index is 0.126. The SMILES string of the molecule is CCOc1ccc(C)cc1C(Cl)Cc1cccc(OC)c1. The fourth-order valence-electron chi connectivity index (χ4n) is 2.32. The molecule has 2 aromatic carbocycles. The van der Waals surface area contributed by atoms with Crippen molar-refractivity contribution in [2.24, 2.45) is 0 Å². The van der Waals surface area contributed by atoms with E-state index in [1.165, 1.54) is 5.56 Å². The summed E-state index contributed by atoms with van der Waals surface area (Å²) in [7, 11) is 1.67. The van der Waals surface area contributed by atoms with Crippen molar-refractivity contribution in [3.8, 4) is 11.5 Å². The third-order valence-electron chi connectivity index (χ3n) is 3.35. The summed E-state index contributed by atoms with van der Waals surface area (Å²) in [5, 5.41) is -0.126. The van der Waals surface area contributed by atoms with E-state index in [1.54, 1.807) is 7.11 Å². The maximum absolute atomic E-state index is 6.63. The Hall–Kier alpha value is -1.67. The molecule has 0 aliphatic carbocycles. The molecule has 2 aromatic rings. The first-order chi connectivity index (χ1) is 10.1. The van der Waals surface area contributed by atoms with E-state index in [4.69, 9.17) is 21.1 Å². The molecule has 3 heteroatoms. The van der Waals surface area contributed by atoms with Gasteiger partial charge in [0.25, 0.3) is 0 Å². The second kappa shape index (κ2) is 7.37. The summed E-state index contributed by atoms with van der Waals surface area (Å²) in [5.74, 6) is 1.72. The van der Waals surface area contributed by atoms with Gasteiger partial charge in [-0.25, -0.2) is 0 Å². The highest BCUT2D eigenvalue weighted by atomic mass is 35.5. The van der Waals surface area contributed by atoms with Crippen molar-refractivity contribution < 1.29 is 9.47 Å². The first kappa shape index (κ1) is 15.7. The third kappa shape index (κ3) is 4.15. The average molecular weight is 305 g/mol. The lowest BCUT2D eigenvalue weighted by Gasteiger charge is -2.16. The van der Waals surface area contributed by atoms with Crippen LogP contribution in [0.3, 0.4) is 0 Å². The van der Waals surface area contributed by atoms with Gasteiger partial charge in [-0.15, -0.1) is 11.6 Å². The molecular weight excluding hydrogens is 284 g/mol. The minimum atomic E-state index is -0.126. The predicted octanol–water partition coefficient (Wildman–Crippen LogP) is 4.92. The smallest absolute Gasteiger partial charge is 0.123 e. The van der Waals surface area contributed by atoms with Crippen molar-refractivity contribution in [2.45, 2.75) is 25.6 Å². The summed E-state index contributed by atoms with van der Waals surface area (Å²) in [6.07, 6.45) is 0.738. The maximum Gasteiger partial charge on any atom is 0.123 e. The summed E-state index contributed by atoms with van der Waals surface area (Å²) in [4.78, 5) is 0. The van der Waals surface area contributed by atoms with Crippen LogP contribution in [-0.2, 0) is 6.42 Å². The Kier molecular flexibility index (Phi) is 5.51. The van der Waals surface area contributed by atoms with Crippen LogP contribution in [0, 0.1) is 6.92 Å². The summed E-state index contributed by atoms with van der Waals surface area (Å²) >= 11 is 6.63. The van der Waals surface area contributed by atoms with Crippen molar-refractivity contribution in [1.82, 2.24) is 0 Å². The van der Waals surface area contributed by atoms with Crippen LogP contribution in [-0.4, -0.2) is 13.7 Å². The highest BCUT2D eigenvalue weighted by Gasteiger charge is 2.15. The maximum atomic E-state index is 6.63. The first-order valence-corrected chi connectivity index (χ1v) is 7.58. The highest BCUT2D eigenvalue weighted by Crippen LogP contribution is 2.33. The molecule has 0 aromatic heterocycles. The van der Waals surface area contributed by atoms with Crippen LogP contribution in [0.2, 0.25) is 0 Å². The molecule has 1 unspecified atom stereocenters. The molecule has 0 aliphatic rings. The van der Waals surface area contributed by atoms with Crippen LogP contribution in [0.4, 0.5) is 0 Å². The lowest BCUT2D eigenvalue weighted by molar-refractivity contribution is 0.336. The Morgan fingerprint density at radius 3 is 2.67 bits per heavy atom. The number of halogens is 1. The number of alkyl halides is 1. The molecule has 0 N–H and O–H groups in total. The monoisotopic (exact) mass is 304 g/mol. The molecular formula is C18H21ClO2. The molecule has 0 saturated heterocycles. The Bertz CT molecular complexity index is 596. The fourth-order valence-corrected chi connectivity index (χ4v) is 2.66. The number of rotatable bonds is 6. The van der Waals surface area contributed by atoms with Crippen LogP contribution in [0.1, 0.15) is 29.0 Å². The molecule has 0 fully saturated rings. The molecule has 2 nitrogen and oxygen atoms in total. The summed E-state index contributed by atoms with van der Waals surface area (Å²) in [6, 6.07) is 14.1. The molecule has 1 atom stereocenters. The molecule has 112 valence electrons. The van der Waals surface area contributed by atoms with Crippen LogP contribution in [0.5, 0.6) is 11.5 Å². The average Bonchev–Trinajstić information content (AvgIpc) is 2.49. The van der Waals surface area contributed by atoms with E-state index < -0.39 is 0 Å². The minimum Gasteiger partial charge on any atom is -0.497 e. The summed E-state index contributed by atoms with van der Waals surface area (Å²) < 4.78 is 10.9. The standard InChI is InChI=1S/C18H21ClO2/c1-4-21-18-9-8-13(2)10-16(18)17(19)12-14-6-5-7-15(11-14)20-3/h5-11,17H,4,12H2,1-3H3. The highest BCUT2D eigenvalue weighted by molar-refractivity contribution is 6.21. The number of aryl methyl sites for hydroxylation is 1. The van der Waals surface area contributed by atoms with Gasteiger partial charge < -0.3 is 9.47 Å². The third-order valence-corrected chi connectivity index (χ3v) is 3.74. The Morgan fingerprint density at radius 2 is 1.95 bits per heavy atom. The molecule has 0 radical (unpaired) electrons. The van der Waals surface area contributed by atoms with Gasteiger partial charge in [-0.3, -0.25) is 0 Å². The number of hydrogen-bond donors (Lipinski definition) is 0. The molecule has 0 saturated carbocycles. The first-order valence-electron chi connectivity index (χ1n) is 7.14. The molecule has 0 heterocycles. The van der Waals surface area contributed by atoms with Gasteiger partial charge in [0.15, 0.2) is 0 Å². The topological polar surface area (TPSA) is 18.5 Å². The predicted molar refractivity (Wildman–Crippen MR) is 87.6 cm³/mol. The molecule has 0 bridgehead atoms. The normalized spacial score (nSPS) is 12.0. The Balaban J connectivity index is 2.22. The molecule has 0 spiro atoms. The van der Waals surface area contributed by atoms with Crippen LogP contribution in [0.25, 0.3) is 0 Å². The lowest BCUT2D eigenvalue weighted by atomic mass is 10.0. The quantitative estimate of drug-likeness (QED) is 0.705. The van der Waals surface area contributed by atoms with Gasteiger partial charge in [-0.2, -0.15) is 0 Å². The summed E-state index contributed by atoms with van der Waals surface area (Å²) in [5.41, 5.74) is 3.38. The van der Waals surface area contributed by atoms with E-state index in [2.05, 4.69) is 19.1 Å². The van der Waals surface area contributed by atoms with E-state index in [0.29, 0.717) is 6.61 Å². The van der Waals surface area contributed by atoms with Gasteiger partial charge >= 0.3 is 0 Å². The second-order valence-corrected chi connectivity index (χ2v) is 5.52. The van der Waals surface area contributed by atoms with Gasteiger partial charge in [0.1, 0.15) is 11.5 Å². The zero-order chi connectivity index (χ0) is 15.2. The number of methoxy groups -OCH3 is 1. The molecule has 2 rings (SSSR count). The van der Waals surface area contributed by atoms with E-state index in [9.17, 15) is 0 Å². The number of ether oxygens (including phenoxy) is 2. The van der Waals surface area contributed by atoms with Crippen molar-refractivity contribution in [1.29, 1.82) is 0 Å². The van der Waals surface area contributed by atoms with Crippen molar-refractivity contribution in [3.63, 3.8) is 0 Å². The second-order valence-electron chi connectivity index (χ2n) is 5.00. The van der Waals surface area contributed by atoms with Crippen LogP contribution in [0.15, 0.2) is 42.5 Å². The van der Waals surface area contributed by atoms with Gasteiger partial charge in [-0.05, 0) is 44.0 Å². The van der Waals surface area contributed by atoms with Gasteiger partial charge in [0, 0.05) is 5.56 Å². The molecule has 0 aliphatic heterocycles. The van der Waals surface area contributed by atoms with Crippen molar-refractivity contribution >= 4 is 11.6 Å². The lowest BCUT2D eigenvalue weighted by Crippen LogP contribution is -2.02. The zero-order valence-electron chi connectivity index (χ0n) is 12.7. The van der Waals surface area contributed by atoms with Crippen molar-refractivity contribution in [2.75, 3.05) is 13.7 Å². The number of benzene rings is 2. The van der Waals surface area contributed by atoms with E-state index in [-0.39, 0.29) is 5.38 Å². The summed E-state index contributed by atoms with van der Waals surface area (Å²) in [6.45, 7) is 4.68. The van der Waals surface area contributed by atoms with Gasteiger partial charge in [-0.1, -0.05) is 29.8 Å². The number of hydrogen-bond acceptors (Lipinski definition) is 2. The Labute approximate surface area is 131 Å². The Morgan fingerprint density at radius 1 is 1.14 bits per heavy atom. The van der Waals surface area contributed by atoms with Gasteiger partial charge in [0.2, 0.25) is 0 Å². The zero-order valence-corrected chi connectivity index (χ0v) is 13.5. The largest absolute Gasteiger partial charge is 0.497 e. The van der Waals surface area contributed by atoms with Crippen LogP contribution >= 0.6 is 11.6 Å². The molecule has 21 heavy (non-hydrogen) atoms. The van der Waals surface area contributed by atoms with E-state index >= 15 is 0 Å². The van der Waals surface area contributed by atoms with Gasteiger partial charge in [0.05, 0.1) is 19.1 Å². The van der Waals surface area contributed by atoms with Crippen molar-refractivity contribution in [3.05, 3.63) is 59.2 Å².